The van der Waals surface area contributed by atoms with Gasteiger partial charge in [-0.15, -0.1) is 0 Å². The van der Waals surface area contributed by atoms with Crippen molar-refractivity contribution < 1.29 is 44.6 Å². The van der Waals surface area contributed by atoms with Gasteiger partial charge in [0.05, 0.1) is 6.10 Å². The summed E-state index contributed by atoms with van der Waals surface area (Å²) in [5.41, 5.74) is 0. The maximum absolute atomic E-state index is 10.1. The second kappa shape index (κ2) is 12.5. The van der Waals surface area contributed by atoms with Crippen molar-refractivity contribution in [2.75, 3.05) is 0 Å². The van der Waals surface area contributed by atoms with Crippen LogP contribution in [0, 0.1) is 0 Å². The van der Waals surface area contributed by atoms with Gasteiger partial charge in [0.1, 0.15) is 0 Å². The van der Waals surface area contributed by atoms with Gasteiger partial charge in [-0.2, -0.15) is 0 Å². The molecule has 15 heavy (non-hydrogen) atoms. The third-order valence-electron chi connectivity index (χ3n) is 2.25. The van der Waals surface area contributed by atoms with Gasteiger partial charge in [0.15, 0.2) is 0 Å². The number of unbranched alkanes of at least 4 members (excludes halogenated alkanes) is 5. The molecule has 0 radical (unpaired) electrons. The fourth-order valence-corrected chi connectivity index (χ4v) is 1.42. The van der Waals surface area contributed by atoms with E-state index in [-0.39, 0.29) is 42.1 Å². The van der Waals surface area contributed by atoms with Crippen molar-refractivity contribution in [2.45, 2.75) is 64.4 Å². The second-order valence-corrected chi connectivity index (χ2v) is 3.88. The van der Waals surface area contributed by atoms with E-state index in [1.54, 1.807) is 6.92 Å². The van der Waals surface area contributed by atoms with Crippen LogP contribution in [0.3, 0.4) is 0 Å². The number of carbonyl (C=O) groups excluding carboxylic acids is 1. The molecule has 0 aromatic heterocycles. The van der Waals surface area contributed by atoms with E-state index < -0.39 is 5.97 Å². The summed E-state index contributed by atoms with van der Waals surface area (Å²) in [6, 6.07) is 0. The molecule has 0 aromatic rings. The zero-order chi connectivity index (χ0) is 10.8. The van der Waals surface area contributed by atoms with Crippen LogP contribution in [0.25, 0.3) is 0 Å². The van der Waals surface area contributed by atoms with Crippen LogP contribution in [-0.4, -0.2) is 17.2 Å². The van der Waals surface area contributed by atoms with Crippen molar-refractivity contribution in [3.05, 3.63) is 0 Å². The van der Waals surface area contributed by atoms with Crippen molar-refractivity contribution in [3.63, 3.8) is 0 Å². The van der Waals surface area contributed by atoms with Gasteiger partial charge in [-0.05, 0) is 26.2 Å². The molecule has 0 saturated carbocycles. The molecule has 0 aliphatic carbocycles. The molecular formula is C11H21NaO3. The third-order valence-corrected chi connectivity index (χ3v) is 2.25. The summed E-state index contributed by atoms with van der Waals surface area (Å²) >= 11 is 0. The van der Waals surface area contributed by atoms with Crippen molar-refractivity contribution in [2.24, 2.45) is 0 Å². The summed E-state index contributed by atoms with van der Waals surface area (Å²) in [6.07, 6.45) is 7.02. The molecule has 1 atom stereocenters. The maximum Gasteiger partial charge on any atom is 1.00 e. The summed E-state index contributed by atoms with van der Waals surface area (Å²) in [6.45, 7) is 1.81. The number of aliphatic carboxylic acids is 1. The average Bonchev–Trinajstić information content (AvgIpc) is 2.08. The van der Waals surface area contributed by atoms with Gasteiger partial charge in [-0.25, -0.2) is 0 Å². The zero-order valence-electron chi connectivity index (χ0n) is 10.00. The van der Waals surface area contributed by atoms with E-state index in [1.165, 1.54) is 0 Å². The predicted molar refractivity (Wildman–Crippen MR) is 53.6 cm³/mol. The van der Waals surface area contributed by atoms with Crippen molar-refractivity contribution in [3.8, 4) is 0 Å². The monoisotopic (exact) mass is 224 g/mol. The summed E-state index contributed by atoms with van der Waals surface area (Å²) < 4.78 is 0. The molecule has 1 unspecified atom stereocenters. The minimum absolute atomic E-state index is 0. The number of aliphatic hydroxyl groups excluding tert-OH is 1. The van der Waals surface area contributed by atoms with Crippen LogP contribution < -0.4 is 34.7 Å². The summed E-state index contributed by atoms with van der Waals surface area (Å²) in [4.78, 5) is 10.1. The number of hydrogen-bond acceptors (Lipinski definition) is 3. The molecule has 84 valence electrons. The summed E-state index contributed by atoms with van der Waals surface area (Å²) in [5.74, 6) is -0.945. The number of carboxylic acids is 1. The SMILES string of the molecule is CC(O)CCCCCCCCC(=O)[O-].[Na+]. The first-order chi connectivity index (χ1) is 6.63. The number of rotatable bonds is 9. The molecule has 0 aliphatic rings. The van der Waals surface area contributed by atoms with Crippen LogP contribution in [0.5, 0.6) is 0 Å². The average molecular weight is 224 g/mol. The van der Waals surface area contributed by atoms with E-state index in [9.17, 15) is 9.90 Å². The van der Waals surface area contributed by atoms with Gasteiger partial charge < -0.3 is 15.0 Å². The molecule has 0 fully saturated rings. The van der Waals surface area contributed by atoms with E-state index in [2.05, 4.69) is 0 Å². The van der Waals surface area contributed by atoms with Gasteiger partial charge in [0.2, 0.25) is 0 Å². The van der Waals surface area contributed by atoms with Crippen LogP contribution in [0.4, 0.5) is 0 Å². The first-order valence-electron chi connectivity index (χ1n) is 5.51. The van der Waals surface area contributed by atoms with E-state index in [0.29, 0.717) is 0 Å². The van der Waals surface area contributed by atoms with E-state index in [4.69, 9.17) is 5.11 Å². The van der Waals surface area contributed by atoms with Crippen molar-refractivity contribution in [1.29, 1.82) is 0 Å². The van der Waals surface area contributed by atoms with Gasteiger partial charge >= 0.3 is 29.6 Å². The van der Waals surface area contributed by atoms with Crippen LogP contribution in [0.2, 0.25) is 0 Å². The van der Waals surface area contributed by atoms with Gasteiger partial charge in [-0.1, -0.05) is 32.1 Å². The predicted octanol–water partition coefficient (Wildman–Crippen LogP) is -1.76. The van der Waals surface area contributed by atoms with E-state index in [1.807, 2.05) is 0 Å². The molecule has 4 heteroatoms. The first kappa shape index (κ1) is 17.8. The minimum atomic E-state index is -0.945. The Hall–Kier alpha value is 0.430. The standard InChI is InChI=1S/C11H22O3.Na/c1-10(12)8-6-4-2-3-5-7-9-11(13)14;/h10,12H,2-9H2,1H3,(H,13,14);/q;+1/p-1. The Bertz CT molecular complexity index is 149. The molecule has 0 amide bonds. The quantitative estimate of drug-likeness (QED) is 0.373. The fraction of sp³-hybridized carbons (Fsp3) is 0.909. The first-order valence-corrected chi connectivity index (χ1v) is 5.51. The molecule has 0 aromatic carbocycles. The Morgan fingerprint density at radius 3 is 2.07 bits per heavy atom. The number of carboxylic acid groups (broad SMARTS) is 1. The normalized spacial score (nSPS) is 11.9. The van der Waals surface area contributed by atoms with E-state index in [0.717, 1.165) is 44.9 Å². The van der Waals surface area contributed by atoms with Gasteiger partial charge in [0, 0.05) is 5.97 Å². The van der Waals surface area contributed by atoms with E-state index >= 15 is 0 Å². The fourth-order valence-electron chi connectivity index (χ4n) is 1.42. The van der Waals surface area contributed by atoms with Crippen LogP contribution in [0.1, 0.15) is 58.3 Å². The Kier molecular flexibility index (Phi) is 14.8. The van der Waals surface area contributed by atoms with Crippen molar-refractivity contribution >= 4 is 5.97 Å². The number of hydrogen-bond donors (Lipinski definition) is 1. The minimum Gasteiger partial charge on any atom is -0.550 e. The maximum atomic E-state index is 10.1. The Labute approximate surface area is 115 Å². The summed E-state index contributed by atoms with van der Waals surface area (Å²) in [5, 5.41) is 19.1. The molecular weight excluding hydrogens is 203 g/mol. The second-order valence-electron chi connectivity index (χ2n) is 3.88. The molecule has 0 spiro atoms. The Morgan fingerprint density at radius 2 is 1.60 bits per heavy atom. The van der Waals surface area contributed by atoms with Crippen LogP contribution in [-0.2, 0) is 4.79 Å². The third kappa shape index (κ3) is 17.1. The molecule has 1 N–H and O–H groups in total. The molecule has 3 nitrogen and oxygen atoms in total. The molecule has 0 bridgehead atoms. The molecule has 0 heterocycles. The van der Waals surface area contributed by atoms with Gasteiger partial charge in [-0.3, -0.25) is 0 Å². The number of aliphatic hydroxyl groups is 1. The molecule has 0 aliphatic heterocycles. The zero-order valence-corrected chi connectivity index (χ0v) is 12.0. The number of carbonyl (C=O) groups is 1. The largest absolute Gasteiger partial charge is 1.00 e. The molecule has 0 saturated heterocycles. The van der Waals surface area contributed by atoms with Crippen LogP contribution >= 0.6 is 0 Å². The topological polar surface area (TPSA) is 60.4 Å². The van der Waals surface area contributed by atoms with Gasteiger partial charge in [0.25, 0.3) is 0 Å². The van der Waals surface area contributed by atoms with Crippen LogP contribution in [0.15, 0.2) is 0 Å². The Morgan fingerprint density at radius 1 is 1.13 bits per heavy atom. The smallest absolute Gasteiger partial charge is 0.550 e. The summed E-state index contributed by atoms with van der Waals surface area (Å²) in [7, 11) is 0. The van der Waals surface area contributed by atoms with Crippen molar-refractivity contribution in [1.82, 2.24) is 0 Å². The molecule has 0 rings (SSSR count). The Balaban J connectivity index is 0.